The van der Waals surface area contributed by atoms with E-state index in [0.717, 1.165) is 15.6 Å². The van der Waals surface area contributed by atoms with Crippen LogP contribution in [0.3, 0.4) is 0 Å². The van der Waals surface area contributed by atoms with Crippen LogP contribution >= 0.6 is 11.3 Å². The smallest absolute Gasteiger partial charge is 0.259 e. The van der Waals surface area contributed by atoms with Gasteiger partial charge in [-0.3, -0.25) is 4.79 Å². The molecule has 5 heteroatoms. The molecule has 86 valence electrons. The Hall–Kier alpha value is -1.27. The van der Waals surface area contributed by atoms with Crippen molar-refractivity contribution in [3.8, 4) is 0 Å². The number of Topliss-reactive ketones (excluding diaryl/α,β-unsaturated/α-hetero) is 1. The molecule has 2 aliphatic rings. The van der Waals surface area contributed by atoms with Crippen molar-refractivity contribution >= 4 is 27.2 Å². The molecular weight excluding hydrogens is 240 g/mol. The van der Waals surface area contributed by atoms with Gasteiger partial charge in [0.15, 0.2) is 6.10 Å². The monoisotopic (exact) mass is 248 g/mol. The number of epoxide rings is 1. The quantitative estimate of drug-likeness (QED) is 0.543. The van der Waals surface area contributed by atoms with Crippen molar-refractivity contribution in [1.82, 2.24) is 0 Å². The topological polar surface area (TPSA) is 70.1 Å². The summed E-state index contributed by atoms with van der Waals surface area (Å²) in [6.45, 7) is 0. The lowest BCUT2D eigenvalue weighted by Crippen LogP contribution is -2.46. The predicted octanol–water partition coefficient (Wildman–Crippen LogP) is 1.22. The minimum absolute atomic E-state index is 0.359. The van der Waals surface area contributed by atoms with Gasteiger partial charge in [-0.05, 0) is 34.5 Å². The lowest BCUT2D eigenvalue weighted by atomic mass is 9.86. The Kier molecular flexibility index (Phi) is 1.58. The standard InChI is InChI=1S/C12H8O4S/c13-10-7-4-8-5(1-2-17-8)3-6(7)9-11(16-9)12(10,14)15/h1-4,9,11,14-15H. The molecule has 0 radical (unpaired) electrons. The predicted molar refractivity (Wildman–Crippen MR) is 60.9 cm³/mol. The van der Waals surface area contributed by atoms with Crippen molar-refractivity contribution in [3.63, 3.8) is 0 Å². The highest BCUT2D eigenvalue weighted by molar-refractivity contribution is 7.17. The number of fused-ring (bicyclic) bond motifs is 4. The maximum absolute atomic E-state index is 12.0. The van der Waals surface area contributed by atoms with Crippen LogP contribution in [-0.4, -0.2) is 27.9 Å². The summed E-state index contributed by atoms with van der Waals surface area (Å²) < 4.78 is 6.16. The summed E-state index contributed by atoms with van der Waals surface area (Å²) in [7, 11) is 0. The Morgan fingerprint density at radius 1 is 1.35 bits per heavy atom. The van der Waals surface area contributed by atoms with Crippen LogP contribution in [0.1, 0.15) is 22.0 Å². The molecular formula is C12H8O4S. The molecule has 4 rings (SSSR count). The average molecular weight is 248 g/mol. The highest BCUT2D eigenvalue weighted by atomic mass is 32.1. The van der Waals surface area contributed by atoms with Gasteiger partial charge in [0.2, 0.25) is 5.78 Å². The molecule has 1 saturated heterocycles. The first-order valence-corrected chi connectivity index (χ1v) is 6.13. The van der Waals surface area contributed by atoms with Crippen LogP contribution in [0.15, 0.2) is 23.6 Å². The van der Waals surface area contributed by atoms with E-state index in [4.69, 9.17) is 4.74 Å². The number of thiophene rings is 1. The maximum atomic E-state index is 12.0. The SMILES string of the molecule is O=C1c2cc3sccc3cc2C2OC2C1(O)O. The van der Waals surface area contributed by atoms with E-state index in [1.165, 1.54) is 11.3 Å². The third-order valence-corrected chi connectivity index (χ3v) is 4.28. The van der Waals surface area contributed by atoms with E-state index in [9.17, 15) is 15.0 Å². The first-order valence-electron chi connectivity index (χ1n) is 5.25. The highest BCUT2D eigenvalue weighted by Gasteiger charge is 2.63. The largest absolute Gasteiger partial charge is 0.358 e. The summed E-state index contributed by atoms with van der Waals surface area (Å²) in [5, 5.41) is 22.4. The summed E-state index contributed by atoms with van der Waals surface area (Å²) in [5.74, 6) is -3.04. The van der Waals surface area contributed by atoms with Gasteiger partial charge in [0.05, 0.1) is 0 Å². The third kappa shape index (κ3) is 1.09. The highest BCUT2D eigenvalue weighted by Crippen LogP contribution is 2.51. The van der Waals surface area contributed by atoms with Gasteiger partial charge in [-0.1, -0.05) is 0 Å². The Balaban J connectivity index is 2.04. The van der Waals surface area contributed by atoms with E-state index in [-0.39, 0.29) is 6.10 Å². The normalized spacial score (nSPS) is 28.9. The van der Waals surface area contributed by atoms with Gasteiger partial charge in [0, 0.05) is 10.3 Å². The molecule has 2 unspecified atom stereocenters. The minimum Gasteiger partial charge on any atom is -0.358 e. The van der Waals surface area contributed by atoms with Crippen LogP contribution in [0.5, 0.6) is 0 Å². The molecule has 0 spiro atoms. The maximum Gasteiger partial charge on any atom is 0.259 e. The molecule has 1 aromatic carbocycles. The summed E-state index contributed by atoms with van der Waals surface area (Å²) in [6, 6.07) is 5.59. The van der Waals surface area contributed by atoms with Gasteiger partial charge in [-0.15, -0.1) is 11.3 Å². The van der Waals surface area contributed by atoms with Gasteiger partial charge in [0.25, 0.3) is 5.79 Å². The van der Waals surface area contributed by atoms with Gasteiger partial charge < -0.3 is 14.9 Å². The molecule has 2 N–H and O–H groups in total. The number of hydrogen-bond acceptors (Lipinski definition) is 5. The van der Waals surface area contributed by atoms with Crippen LogP contribution < -0.4 is 0 Å². The van der Waals surface area contributed by atoms with E-state index < -0.39 is 17.7 Å². The van der Waals surface area contributed by atoms with E-state index in [1.54, 1.807) is 6.07 Å². The Bertz CT molecular complexity index is 658. The first kappa shape index (κ1) is 9.73. The molecule has 0 amide bonds. The molecule has 1 fully saturated rings. The van der Waals surface area contributed by atoms with Crippen molar-refractivity contribution in [3.05, 3.63) is 34.7 Å². The number of benzene rings is 1. The van der Waals surface area contributed by atoms with E-state index in [1.807, 2.05) is 17.5 Å². The number of hydrogen-bond donors (Lipinski definition) is 2. The fourth-order valence-corrected chi connectivity index (χ4v) is 3.25. The van der Waals surface area contributed by atoms with Crippen molar-refractivity contribution in [2.24, 2.45) is 0 Å². The molecule has 2 atom stereocenters. The van der Waals surface area contributed by atoms with Gasteiger partial charge in [0.1, 0.15) is 6.10 Å². The van der Waals surface area contributed by atoms with Crippen LogP contribution in [0.4, 0.5) is 0 Å². The number of carbonyl (C=O) groups excluding carboxylic acids is 1. The van der Waals surface area contributed by atoms with Crippen molar-refractivity contribution in [2.45, 2.75) is 18.0 Å². The zero-order valence-electron chi connectivity index (χ0n) is 8.58. The molecule has 0 saturated carbocycles. The van der Waals surface area contributed by atoms with Crippen LogP contribution in [0.2, 0.25) is 0 Å². The second-order valence-electron chi connectivity index (χ2n) is 4.43. The summed E-state index contributed by atoms with van der Waals surface area (Å²) in [6.07, 6.45) is -1.17. The molecule has 1 aliphatic heterocycles. The number of carbonyl (C=O) groups is 1. The van der Waals surface area contributed by atoms with Gasteiger partial charge in [-0.2, -0.15) is 0 Å². The first-order chi connectivity index (χ1) is 8.09. The number of aliphatic hydroxyl groups is 2. The van der Waals surface area contributed by atoms with Crippen molar-refractivity contribution < 1.29 is 19.7 Å². The third-order valence-electron chi connectivity index (χ3n) is 3.40. The van der Waals surface area contributed by atoms with E-state index >= 15 is 0 Å². The van der Waals surface area contributed by atoms with Gasteiger partial charge >= 0.3 is 0 Å². The number of ether oxygens (including phenoxy) is 1. The number of rotatable bonds is 0. The fourth-order valence-electron chi connectivity index (χ4n) is 2.44. The zero-order chi connectivity index (χ0) is 11.8. The molecule has 4 nitrogen and oxygen atoms in total. The summed E-state index contributed by atoms with van der Waals surface area (Å²) >= 11 is 1.52. The van der Waals surface area contributed by atoms with Gasteiger partial charge in [-0.25, -0.2) is 0 Å². The molecule has 17 heavy (non-hydrogen) atoms. The molecule has 0 bridgehead atoms. The van der Waals surface area contributed by atoms with Crippen LogP contribution in [-0.2, 0) is 4.74 Å². The molecule has 1 aliphatic carbocycles. The second kappa shape index (κ2) is 2.76. The van der Waals surface area contributed by atoms with E-state index in [2.05, 4.69) is 0 Å². The molecule has 1 aromatic heterocycles. The van der Waals surface area contributed by atoms with Crippen molar-refractivity contribution in [1.29, 1.82) is 0 Å². The minimum atomic E-state index is -2.37. The lowest BCUT2D eigenvalue weighted by Gasteiger charge is -2.23. The molecule has 2 heterocycles. The van der Waals surface area contributed by atoms with E-state index in [0.29, 0.717) is 5.56 Å². The Labute approximate surface area is 100 Å². The zero-order valence-corrected chi connectivity index (χ0v) is 9.40. The summed E-state index contributed by atoms with van der Waals surface area (Å²) in [4.78, 5) is 12.0. The van der Waals surface area contributed by atoms with Crippen LogP contribution in [0.25, 0.3) is 10.1 Å². The number of ketones is 1. The molecule has 2 aromatic rings. The lowest BCUT2D eigenvalue weighted by molar-refractivity contribution is -0.136. The average Bonchev–Trinajstić information content (AvgIpc) is 2.99. The second-order valence-corrected chi connectivity index (χ2v) is 5.38. The fraction of sp³-hybridized carbons (Fsp3) is 0.250. The summed E-state index contributed by atoms with van der Waals surface area (Å²) in [5.41, 5.74) is 1.13. The Morgan fingerprint density at radius 2 is 2.18 bits per heavy atom. The van der Waals surface area contributed by atoms with Crippen molar-refractivity contribution in [2.75, 3.05) is 0 Å². The Morgan fingerprint density at radius 3 is 3.00 bits per heavy atom. The van der Waals surface area contributed by atoms with Crippen LogP contribution in [0, 0.1) is 0 Å².